The molecule has 96 valence electrons. The molecule has 2 N–H and O–H groups in total. The van der Waals surface area contributed by atoms with Crippen molar-refractivity contribution >= 4 is 11.8 Å². The fourth-order valence-electron chi connectivity index (χ4n) is 1.30. The third kappa shape index (κ3) is 5.23. The fraction of sp³-hybridized carbons (Fsp3) is 0.636. The number of rotatable bonds is 8. The van der Waals surface area contributed by atoms with E-state index in [0.717, 1.165) is 17.9 Å². The molecule has 0 fully saturated rings. The number of aryl methyl sites for hydroxylation is 1. The Bertz CT molecular complexity index is 381. The molecule has 1 rings (SSSR count). The minimum Gasteiger partial charge on any atom is -0.490 e. The zero-order valence-corrected chi connectivity index (χ0v) is 10.9. The van der Waals surface area contributed by atoms with Crippen molar-refractivity contribution in [2.75, 3.05) is 24.7 Å². The van der Waals surface area contributed by atoms with Crippen LogP contribution in [0.1, 0.15) is 13.3 Å². The van der Waals surface area contributed by atoms with Gasteiger partial charge in [0.1, 0.15) is 12.4 Å². The summed E-state index contributed by atoms with van der Waals surface area (Å²) in [5.41, 5.74) is 5.18. The van der Waals surface area contributed by atoms with Crippen molar-refractivity contribution < 1.29 is 4.74 Å². The third-order valence-electron chi connectivity index (χ3n) is 2.09. The summed E-state index contributed by atoms with van der Waals surface area (Å²) in [7, 11) is 0. The van der Waals surface area contributed by atoms with Crippen LogP contribution in [0.4, 0.5) is 0 Å². The summed E-state index contributed by atoms with van der Waals surface area (Å²) < 4.78 is 6.69. The van der Waals surface area contributed by atoms with E-state index >= 15 is 0 Å². The van der Waals surface area contributed by atoms with Gasteiger partial charge in [0.25, 0.3) is 5.56 Å². The Morgan fingerprint density at radius 1 is 1.59 bits per heavy atom. The van der Waals surface area contributed by atoms with Gasteiger partial charge in [-0.15, -0.1) is 0 Å². The molecule has 0 saturated carbocycles. The van der Waals surface area contributed by atoms with Gasteiger partial charge in [-0.1, -0.05) is 6.92 Å². The van der Waals surface area contributed by atoms with E-state index < -0.39 is 0 Å². The molecule has 0 saturated heterocycles. The lowest BCUT2D eigenvalue weighted by Crippen LogP contribution is -2.23. The molecule has 0 atom stereocenters. The van der Waals surface area contributed by atoms with Gasteiger partial charge >= 0.3 is 0 Å². The maximum atomic E-state index is 11.6. The molecular weight excluding hydrogens is 238 g/mol. The predicted octanol–water partition coefficient (Wildman–Crippen LogP) is 0.724. The molecule has 0 radical (unpaired) electrons. The topological polar surface area (TPSA) is 70.1 Å². The number of nitrogens with two attached hydrogens (primary N) is 1. The van der Waals surface area contributed by atoms with Crippen molar-refractivity contribution in [3.8, 4) is 5.75 Å². The van der Waals surface area contributed by atoms with Crippen LogP contribution in [0.2, 0.25) is 0 Å². The first-order valence-electron chi connectivity index (χ1n) is 5.75. The second-order valence-corrected chi connectivity index (χ2v) is 4.83. The minimum absolute atomic E-state index is 0.124. The third-order valence-corrected chi connectivity index (χ3v) is 3.08. The Balaban J connectivity index is 2.48. The Morgan fingerprint density at radius 2 is 2.41 bits per heavy atom. The van der Waals surface area contributed by atoms with Crippen molar-refractivity contribution in [3.63, 3.8) is 0 Å². The average Bonchev–Trinajstić information content (AvgIpc) is 2.34. The normalized spacial score (nSPS) is 10.5. The van der Waals surface area contributed by atoms with Gasteiger partial charge in [0, 0.05) is 19.2 Å². The highest BCUT2D eigenvalue weighted by atomic mass is 32.2. The Hall–Kier alpha value is -1.01. The van der Waals surface area contributed by atoms with Crippen LogP contribution in [-0.2, 0) is 6.54 Å². The van der Waals surface area contributed by atoms with E-state index in [2.05, 4.69) is 12.0 Å². The van der Waals surface area contributed by atoms with Crippen LogP contribution in [0.3, 0.4) is 0 Å². The molecule has 0 aliphatic heterocycles. The largest absolute Gasteiger partial charge is 0.490 e. The Labute approximate surface area is 105 Å². The molecule has 0 bridgehead atoms. The molecule has 6 heteroatoms. The molecule has 1 aromatic heterocycles. The maximum absolute atomic E-state index is 11.6. The van der Waals surface area contributed by atoms with Gasteiger partial charge in [-0.25, -0.2) is 4.68 Å². The quantitative estimate of drug-likeness (QED) is 0.695. The predicted molar refractivity (Wildman–Crippen MR) is 70.7 cm³/mol. The van der Waals surface area contributed by atoms with Crippen LogP contribution in [0.15, 0.2) is 17.1 Å². The summed E-state index contributed by atoms with van der Waals surface area (Å²) >= 11 is 1.87. The van der Waals surface area contributed by atoms with Crippen LogP contribution < -0.4 is 16.0 Å². The van der Waals surface area contributed by atoms with Crippen LogP contribution in [0, 0.1) is 0 Å². The van der Waals surface area contributed by atoms with Crippen molar-refractivity contribution in [1.82, 2.24) is 9.78 Å². The van der Waals surface area contributed by atoms with Crippen LogP contribution in [0.25, 0.3) is 0 Å². The summed E-state index contributed by atoms with van der Waals surface area (Å²) in [5.74, 6) is 2.64. The molecule has 0 aliphatic rings. The highest BCUT2D eigenvalue weighted by Crippen LogP contribution is 2.04. The van der Waals surface area contributed by atoms with E-state index in [9.17, 15) is 4.79 Å². The van der Waals surface area contributed by atoms with Gasteiger partial charge in [-0.05, 0) is 17.9 Å². The summed E-state index contributed by atoms with van der Waals surface area (Å²) in [6, 6.07) is 1.45. The molecule has 0 amide bonds. The van der Waals surface area contributed by atoms with Crippen molar-refractivity contribution in [2.24, 2.45) is 5.73 Å². The number of nitrogens with zero attached hydrogens (tertiary/aromatic N) is 2. The lowest BCUT2D eigenvalue weighted by Gasteiger charge is -2.06. The van der Waals surface area contributed by atoms with E-state index in [1.54, 1.807) is 6.20 Å². The van der Waals surface area contributed by atoms with Gasteiger partial charge < -0.3 is 10.5 Å². The molecule has 5 nitrogen and oxygen atoms in total. The number of thioether (sulfide) groups is 1. The van der Waals surface area contributed by atoms with Gasteiger partial charge in [-0.3, -0.25) is 4.79 Å². The highest BCUT2D eigenvalue weighted by molar-refractivity contribution is 7.99. The van der Waals surface area contributed by atoms with Crippen molar-refractivity contribution in [2.45, 2.75) is 19.9 Å². The second-order valence-electron chi connectivity index (χ2n) is 3.44. The number of ether oxygens (including phenoxy) is 1. The Kier molecular flexibility index (Phi) is 6.73. The summed E-state index contributed by atoms with van der Waals surface area (Å²) in [6.45, 7) is 3.61. The SMILES string of the molecule is CCSCCCn1ncc(OCCN)cc1=O. The van der Waals surface area contributed by atoms with E-state index in [-0.39, 0.29) is 5.56 Å². The van der Waals surface area contributed by atoms with Gasteiger partial charge in [0.05, 0.1) is 6.20 Å². The lowest BCUT2D eigenvalue weighted by molar-refractivity contribution is 0.323. The first-order valence-corrected chi connectivity index (χ1v) is 6.91. The molecule has 0 aromatic carbocycles. The van der Waals surface area contributed by atoms with Crippen molar-refractivity contribution in [1.29, 1.82) is 0 Å². The monoisotopic (exact) mass is 257 g/mol. The van der Waals surface area contributed by atoms with Gasteiger partial charge in [0.2, 0.25) is 0 Å². The van der Waals surface area contributed by atoms with E-state index in [0.29, 0.717) is 25.4 Å². The average molecular weight is 257 g/mol. The van der Waals surface area contributed by atoms with E-state index in [1.165, 1.54) is 10.7 Å². The maximum Gasteiger partial charge on any atom is 0.270 e. The molecule has 1 heterocycles. The van der Waals surface area contributed by atoms with Crippen LogP contribution in [0.5, 0.6) is 5.75 Å². The molecular formula is C11H19N3O2S. The Morgan fingerprint density at radius 3 is 3.06 bits per heavy atom. The number of hydrogen-bond acceptors (Lipinski definition) is 5. The first-order chi connectivity index (χ1) is 8.27. The molecule has 0 spiro atoms. The van der Waals surface area contributed by atoms with Gasteiger partial charge in [-0.2, -0.15) is 16.9 Å². The van der Waals surface area contributed by atoms with E-state index in [1.807, 2.05) is 11.8 Å². The highest BCUT2D eigenvalue weighted by Gasteiger charge is 2.00. The summed E-state index contributed by atoms with van der Waals surface area (Å²) in [5, 5.41) is 4.06. The summed E-state index contributed by atoms with van der Waals surface area (Å²) in [6.07, 6.45) is 2.51. The van der Waals surface area contributed by atoms with Crippen LogP contribution >= 0.6 is 11.8 Å². The zero-order chi connectivity index (χ0) is 12.5. The second kappa shape index (κ2) is 8.14. The molecule has 1 aromatic rings. The molecule has 0 aliphatic carbocycles. The number of hydrogen-bond donors (Lipinski definition) is 1. The number of aromatic nitrogens is 2. The lowest BCUT2D eigenvalue weighted by atomic mass is 10.4. The molecule has 0 unspecified atom stereocenters. The standard InChI is InChI=1S/C11H19N3O2S/c1-2-17-7-3-5-14-11(15)8-10(9-13-14)16-6-4-12/h8-9H,2-7,12H2,1H3. The molecule has 17 heavy (non-hydrogen) atoms. The minimum atomic E-state index is -0.124. The summed E-state index contributed by atoms with van der Waals surface area (Å²) in [4.78, 5) is 11.6. The fourth-order valence-corrected chi connectivity index (χ4v) is 1.92. The van der Waals surface area contributed by atoms with Gasteiger partial charge in [0.15, 0.2) is 0 Å². The van der Waals surface area contributed by atoms with E-state index in [4.69, 9.17) is 10.5 Å². The van der Waals surface area contributed by atoms with Crippen LogP contribution in [-0.4, -0.2) is 34.4 Å². The smallest absolute Gasteiger partial charge is 0.270 e. The van der Waals surface area contributed by atoms with Crippen molar-refractivity contribution in [3.05, 3.63) is 22.6 Å². The zero-order valence-electron chi connectivity index (χ0n) is 10.1. The first kappa shape index (κ1) is 14.1.